The van der Waals surface area contributed by atoms with Crippen LogP contribution in [-0.4, -0.2) is 32.6 Å². The Hall–Kier alpha value is -1.53. The molecule has 0 radical (unpaired) electrons. The van der Waals surface area contributed by atoms with Gasteiger partial charge in [0.1, 0.15) is 6.04 Å². The second kappa shape index (κ2) is 7.03. The van der Waals surface area contributed by atoms with Crippen molar-refractivity contribution in [1.82, 2.24) is 4.90 Å². The Bertz CT molecular complexity index is 389. The van der Waals surface area contributed by atoms with E-state index in [1.165, 1.54) is 0 Å². The van der Waals surface area contributed by atoms with Crippen molar-refractivity contribution in [2.75, 3.05) is 32.6 Å². The van der Waals surface area contributed by atoms with Gasteiger partial charge in [0, 0.05) is 19.8 Å². The highest BCUT2D eigenvalue weighted by molar-refractivity contribution is 5.47. The molecule has 0 aromatic heterocycles. The van der Waals surface area contributed by atoms with Crippen molar-refractivity contribution in [3.05, 3.63) is 29.8 Å². The van der Waals surface area contributed by atoms with Crippen LogP contribution >= 0.6 is 0 Å². The first-order valence-electron chi connectivity index (χ1n) is 6.47. The van der Waals surface area contributed by atoms with Gasteiger partial charge in [-0.2, -0.15) is 5.26 Å². The number of hydrogen-bond donors (Lipinski definition) is 0. The molecule has 1 aromatic carbocycles. The van der Waals surface area contributed by atoms with E-state index < -0.39 is 0 Å². The zero-order valence-electron chi connectivity index (χ0n) is 11.8. The van der Waals surface area contributed by atoms with Crippen LogP contribution in [0.5, 0.6) is 0 Å². The third-order valence-corrected chi connectivity index (χ3v) is 3.15. The molecule has 98 valence electrons. The Labute approximate surface area is 111 Å². The highest BCUT2D eigenvalue weighted by Gasteiger charge is 2.15. The van der Waals surface area contributed by atoms with Crippen molar-refractivity contribution >= 4 is 5.69 Å². The van der Waals surface area contributed by atoms with E-state index in [1.807, 2.05) is 33.3 Å². The predicted molar refractivity (Wildman–Crippen MR) is 76.7 cm³/mol. The Morgan fingerprint density at radius 2 is 1.78 bits per heavy atom. The molecule has 1 rings (SSSR count). The number of nitrogens with zero attached hydrogens (tertiary/aromatic N) is 3. The summed E-state index contributed by atoms with van der Waals surface area (Å²) in [5.41, 5.74) is 2.23. The zero-order chi connectivity index (χ0) is 13.5. The largest absolute Gasteiger partial charge is 0.378 e. The molecule has 1 atom stereocenters. The van der Waals surface area contributed by atoms with Gasteiger partial charge in [-0.1, -0.05) is 25.5 Å². The van der Waals surface area contributed by atoms with Crippen molar-refractivity contribution in [1.29, 1.82) is 5.26 Å². The second-order valence-electron chi connectivity index (χ2n) is 4.85. The van der Waals surface area contributed by atoms with Crippen molar-refractivity contribution in [3.63, 3.8) is 0 Å². The molecule has 0 bridgehead atoms. The summed E-state index contributed by atoms with van der Waals surface area (Å²) in [6.45, 7) is 3.13. The standard InChI is InChI=1S/C15H23N3/c1-5-6-11-18(4)15(12-16)13-7-9-14(10-8-13)17(2)3/h7-10,15H,5-6,11H2,1-4H3. The topological polar surface area (TPSA) is 30.3 Å². The van der Waals surface area contributed by atoms with Crippen LogP contribution < -0.4 is 4.90 Å². The van der Waals surface area contributed by atoms with Gasteiger partial charge in [0.05, 0.1) is 6.07 Å². The highest BCUT2D eigenvalue weighted by Crippen LogP contribution is 2.21. The lowest BCUT2D eigenvalue weighted by molar-refractivity contribution is 0.287. The highest BCUT2D eigenvalue weighted by atomic mass is 15.1. The van der Waals surface area contributed by atoms with Gasteiger partial charge in [-0.15, -0.1) is 0 Å². The number of rotatable bonds is 6. The fourth-order valence-electron chi connectivity index (χ4n) is 1.92. The van der Waals surface area contributed by atoms with E-state index in [9.17, 15) is 5.26 Å². The van der Waals surface area contributed by atoms with Crippen LogP contribution in [0.1, 0.15) is 31.4 Å². The maximum atomic E-state index is 9.33. The van der Waals surface area contributed by atoms with E-state index in [0.717, 1.165) is 30.6 Å². The molecule has 0 aliphatic heterocycles. The van der Waals surface area contributed by atoms with Gasteiger partial charge in [0.2, 0.25) is 0 Å². The summed E-state index contributed by atoms with van der Waals surface area (Å²) in [4.78, 5) is 4.18. The molecule has 0 amide bonds. The Morgan fingerprint density at radius 3 is 2.22 bits per heavy atom. The molecule has 0 aliphatic rings. The summed E-state index contributed by atoms with van der Waals surface area (Å²) >= 11 is 0. The summed E-state index contributed by atoms with van der Waals surface area (Å²) in [5, 5.41) is 9.33. The van der Waals surface area contributed by atoms with Crippen molar-refractivity contribution in [2.45, 2.75) is 25.8 Å². The van der Waals surface area contributed by atoms with Crippen LogP contribution in [0.25, 0.3) is 0 Å². The van der Waals surface area contributed by atoms with E-state index in [4.69, 9.17) is 0 Å². The van der Waals surface area contributed by atoms with E-state index in [-0.39, 0.29) is 6.04 Å². The van der Waals surface area contributed by atoms with Crippen LogP contribution in [0.4, 0.5) is 5.69 Å². The molecule has 0 fully saturated rings. The molecule has 0 saturated heterocycles. The van der Waals surface area contributed by atoms with Crippen molar-refractivity contribution < 1.29 is 0 Å². The lowest BCUT2D eigenvalue weighted by Crippen LogP contribution is -2.24. The Balaban J connectivity index is 2.79. The molecule has 0 spiro atoms. The monoisotopic (exact) mass is 245 g/mol. The molecule has 3 heteroatoms. The van der Waals surface area contributed by atoms with Crippen LogP contribution in [0, 0.1) is 11.3 Å². The summed E-state index contributed by atoms with van der Waals surface area (Å²) < 4.78 is 0. The average molecular weight is 245 g/mol. The van der Waals surface area contributed by atoms with Gasteiger partial charge in [0.15, 0.2) is 0 Å². The maximum absolute atomic E-state index is 9.33. The first-order chi connectivity index (χ1) is 8.60. The van der Waals surface area contributed by atoms with Crippen molar-refractivity contribution in [2.24, 2.45) is 0 Å². The maximum Gasteiger partial charge on any atom is 0.123 e. The number of benzene rings is 1. The fraction of sp³-hybridized carbons (Fsp3) is 0.533. The third kappa shape index (κ3) is 3.75. The minimum Gasteiger partial charge on any atom is -0.378 e. The van der Waals surface area contributed by atoms with Crippen LogP contribution in [0.2, 0.25) is 0 Å². The molecule has 0 heterocycles. The average Bonchev–Trinajstić information content (AvgIpc) is 2.37. The molecule has 0 saturated carbocycles. The molecule has 1 unspecified atom stereocenters. The van der Waals surface area contributed by atoms with E-state index in [2.05, 4.69) is 34.9 Å². The quantitative estimate of drug-likeness (QED) is 0.771. The van der Waals surface area contributed by atoms with Crippen LogP contribution in [0.3, 0.4) is 0 Å². The predicted octanol–water partition coefficient (Wildman–Crippen LogP) is 3.05. The van der Waals surface area contributed by atoms with Crippen molar-refractivity contribution in [3.8, 4) is 6.07 Å². The minimum atomic E-state index is -0.146. The SMILES string of the molecule is CCCCN(C)C(C#N)c1ccc(N(C)C)cc1. The Kier molecular flexibility index (Phi) is 5.67. The number of hydrogen-bond acceptors (Lipinski definition) is 3. The smallest absolute Gasteiger partial charge is 0.123 e. The van der Waals surface area contributed by atoms with E-state index in [0.29, 0.717) is 0 Å². The molecular formula is C15H23N3. The first-order valence-corrected chi connectivity index (χ1v) is 6.47. The summed E-state index contributed by atoms with van der Waals surface area (Å²) in [6, 6.07) is 10.5. The van der Waals surface area contributed by atoms with Gasteiger partial charge in [-0.25, -0.2) is 0 Å². The lowest BCUT2D eigenvalue weighted by Gasteiger charge is -2.23. The Morgan fingerprint density at radius 1 is 1.17 bits per heavy atom. The summed E-state index contributed by atoms with van der Waals surface area (Å²) in [7, 11) is 6.05. The fourth-order valence-corrected chi connectivity index (χ4v) is 1.92. The third-order valence-electron chi connectivity index (χ3n) is 3.15. The number of anilines is 1. The van der Waals surface area contributed by atoms with Gasteiger partial charge >= 0.3 is 0 Å². The van der Waals surface area contributed by atoms with Gasteiger partial charge in [0.25, 0.3) is 0 Å². The van der Waals surface area contributed by atoms with E-state index >= 15 is 0 Å². The van der Waals surface area contributed by atoms with E-state index in [1.54, 1.807) is 0 Å². The van der Waals surface area contributed by atoms with Gasteiger partial charge in [-0.05, 0) is 37.7 Å². The molecule has 18 heavy (non-hydrogen) atoms. The summed E-state index contributed by atoms with van der Waals surface area (Å²) in [5.74, 6) is 0. The molecular weight excluding hydrogens is 222 g/mol. The number of nitriles is 1. The van der Waals surface area contributed by atoms with Crippen LogP contribution in [-0.2, 0) is 0 Å². The molecule has 0 N–H and O–H groups in total. The molecule has 1 aromatic rings. The zero-order valence-corrected chi connectivity index (χ0v) is 11.8. The van der Waals surface area contributed by atoms with Crippen LogP contribution in [0.15, 0.2) is 24.3 Å². The first kappa shape index (κ1) is 14.5. The molecule has 3 nitrogen and oxygen atoms in total. The molecule has 0 aliphatic carbocycles. The number of unbranched alkanes of at least 4 members (excludes halogenated alkanes) is 1. The second-order valence-corrected chi connectivity index (χ2v) is 4.85. The van der Waals surface area contributed by atoms with Gasteiger partial charge in [-0.3, -0.25) is 4.90 Å². The normalized spacial score (nSPS) is 12.2. The van der Waals surface area contributed by atoms with Gasteiger partial charge < -0.3 is 4.90 Å². The lowest BCUT2D eigenvalue weighted by atomic mass is 10.1. The minimum absolute atomic E-state index is 0.146. The summed E-state index contributed by atoms with van der Waals surface area (Å²) in [6.07, 6.45) is 2.28.